The molecule has 0 aromatic carbocycles. The van der Waals surface area contributed by atoms with Gasteiger partial charge in [-0.15, -0.1) is 0 Å². The van der Waals surface area contributed by atoms with Crippen LogP contribution < -0.4 is 5.73 Å². The van der Waals surface area contributed by atoms with Gasteiger partial charge in [-0.05, 0) is 51.9 Å². The van der Waals surface area contributed by atoms with Crippen LogP contribution in [0, 0.1) is 5.41 Å². The van der Waals surface area contributed by atoms with E-state index in [4.69, 9.17) is 5.73 Å². The second-order valence-electron chi connectivity index (χ2n) is 7.00. The van der Waals surface area contributed by atoms with E-state index < -0.39 is 0 Å². The minimum Gasteiger partial charge on any atom is -0.327 e. The molecule has 1 aliphatic rings. The molecule has 2 unspecified atom stereocenters. The lowest BCUT2D eigenvalue weighted by Gasteiger charge is -2.46. The molecule has 1 rings (SSSR count). The van der Waals surface area contributed by atoms with Crippen LogP contribution in [0.4, 0.5) is 0 Å². The van der Waals surface area contributed by atoms with Crippen molar-refractivity contribution in [3.05, 3.63) is 0 Å². The molecular weight excluding hydrogens is 222 g/mol. The number of piperidine rings is 1. The molecule has 1 heterocycles. The second kappa shape index (κ2) is 6.36. The van der Waals surface area contributed by atoms with Crippen molar-refractivity contribution >= 4 is 0 Å². The first-order valence-corrected chi connectivity index (χ1v) is 7.47. The molecule has 0 radical (unpaired) electrons. The van der Waals surface area contributed by atoms with Crippen LogP contribution in [0.15, 0.2) is 0 Å². The van der Waals surface area contributed by atoms with Gasteiger partial charge in [0.1, 0.15) is 0 Å². The molecule has 3 nitrogen and oxygen atoms in total. The number of hydrogen-bond donors (Lipinski definition) is 1. The predicted octanol–water partition coefficient (Wildman–Crippen LogP) is 2.16. The zero-order valence-electron chi connectivity index (χ0n) is 13.2. The normalized spacial score (nSPS) is 23.3. The average Bonchev–Trinajstić information content (AvgIpc) is 2.26. The van der Waals surface area contributed by atoms with Gasteiger partial charge in [-0.2, -0.15) is 0 Å². The number of hydrogen-bond acceptors (Lipinski definition) is 3. The van der Waals surface area contributed by atoms with Crippen LogP contribution >= 0.6 is 0 Å². The van der Waals surface area contributed by atoms with E-state index in [0.717, 1.165) is 0 Å². The van der Waals surface area contributed by atoms with Crippen LogP contribution in [0.3, 0.4) is 0 Å². The highest BCUT2D eigenvalue weighted by atomic mass is 15.2. The first-order valence-electron chi connectivity index (χ1n) is 7.47. The highest BCUT2D eigenvalue weighted by Crippen LogP contribution is 2.29. The van der Waals surface area contributed by atoms with E-state index in [2.05, 4.69) is 51.5 Å². The zero-order chi connectivity index (χ0) is 13.9. The zero-order valence-corrected chi connectivity index (χ0v) is 13.2. The first kappa shape index (κ1) is 15.9. The Morgan fingerprint density at radius 3 is 2.11 bits per heavy atom. The molecule has 1 aliphatic heterocycles. The van der Waals surface area contributed by atoms with Gasteiger partial charge in [0.25, 0.3) is 0 Å². The van der Waals surface area contributed by atoms with Crippen LogP contribution in [0.25, 0.3) is 0 Å². The Bertz CT molecular complexity index is 237. The Labute approximate surface area is 114 Å². The Hall–Kier alpha value is -0.120. The standard InChI is InChI=1S/C15H33N3/c1-7-18-10-8-13(9-11-18)17(6)14(12(2)16)15(3,4)5/h12-14H,7-11,16H2,1-6H3. The Balaban J connectivity index is 2.65. The quantitative estimate of drug-likeness (QED) is 0.835. The fourth-order valence-electron chi connectivity index (χ4n) is 3.64. The molecular formula is C15H33N3. The molecule has 1 fully saturated rings. The molecule has 3 heteroatoms. The molecule has 2 N–H and O–H groups in total. The molecule has 0 saturated carbocycles. The monoisotopic (exact) mass is 255 g/mol. The lowest BCUT2D eigenvalue weighted by Crippen LogP contribution is -2.57. The van der Waals surface area contributed by atoms with E-state index in [9.17, 15) is 0 Å². The summed E-state index contributed by atoms with van der Waals surface area (Å²) in [7, 11) is 2.27. The lowest BCUT2D eigenvalue weighted by molar-refractivity contribution is 0.0377. The van der Waals surface area contributed by atoms with Crippen molar-refractivity contribution in [2.45, 2.75) is 65.6 Å². The van der Waals surface area contributed by atoms with Crippen molar-refractivity contribution in [2.75, 3.05) is 26.7 Å². The summed E-state index contributed by atoms with van der Waals surface area (Å²) < 4.78 is 0. The van der Waals surface area contributed by atoms with Crippen LogP contribution in [0.5, 0.6) is 0 Å². The number of rotatable bonds is 4. The van der Waals surface area contributed by atoms with Gasteiger partial charge < -0.3 is 10.6 Å². The number of likely N-dealkylation sites (tertiary alicyclic amines) is 1. The van der Waals surface area contributed by atoms with Crippen LogP contribution in [-0.2, 0) is 0 Å². The van der Waals surface area contributed by atoms with Gasteiger partial charge in [0.15, 0.2) is 0 Å². The third-order valence-corrected chi connectivity index (χ3v) is 4.40. The van der Waals surface area contributed by atoms with Crippen molar-refractivity contribution < 1.29 is 0 Å². The third-order valence-electron chi connectivity index (χ3n) is 4.40. The fourth-order valence-corrected chi connectivity index (χ4v) is 3.64. The van der Waals surface area contributed by atoms with Gasteiger partial charge in [0.2, 0.25) is 0 Å². The van der Waals surface area contributed by atoms with E-state index in [1.54, 1.807) is 0 Å². The van der Waals surface area contributed by atoms with Gasteiger partial charge >= 0.3 is 0 Å². The van der Waals surface area contributed by atoms with E-state index in [-0.39, 0.29) is 11.5 Å². The van der Waals surface area contributed by atoms with Crippen LogP contribution in [-0.4, -0.2) is 54.6 Å². The average molecular weight is 255 g/mol. The molecule has 0 spiro atoms. The lowest BCUT2D eigenvalue weighted by atomic mass is 9.81. The van der Waals surface area contributed by atoms with E-state index >= 15 is 0 Å². The summed E-state index contributed by atoms with van der Waals surface area (Å²) in [5.41, 5.74) is 6.47. The van der Waals surface area contributed by atoms with Crippen LogP contribution in [0.1, 0.15) is 47.5 Å². The maximum Gasteiger partial charge on any atom is 0.0292 e. The third kappa shape index (κ3) is 3.94. The van der Waals surface area contributed by atoms with E-state index in [1.807, 2.05) is 0 Å². The minimum absolute atomic E-state index is 0.221. The number of likely N-dealkylation sites (N-methyl/N-ethyl adjacent to an activating group) is 1. The van der Waals surface area contributed by atoms with Crippen molar-refractivity contribution in [3.8, 4) is 0 Å². The highest BCUT2D eigenvalue weighted by Gasteiger charge is 2.35. The van der Waals surface area contributed by atoms with E-state index in [0.29, 0.717) is 12.1 Å². The molecule has 0 aliphatic carbocycles. The smallest absolute Gasteiger partial charge is 0.0292 e. The minimum atomic E-state index is 0.221. The summed E-state index contributed by atoms with van der Waals surface area (Å²) in [6, 6.07) is 1.37. The van der Waals surface area contributed by atoms with Crippen molar-refractivity contribution in [1.29, 1.82) is 0 Å². The predicted molar refractivity (Wildman–Crippen MR) is 79.8 cm³/mol. The second-order valence-corrected chi connectivity index (χ2v) is 7.00. The molecule has 18 heavy (non-hydrogen) atoms. The summed E-state index contributed by atoms with van der Waals surface area (Å²) in [6.07, 6.45) is 2.56. The van der Waals surface area contributed by atoms with E-state index in [1.165, 1.54) is 32.5 Å². The van der Waals surface area contributed by atoms with Crippen molar-refractivity contribution in [2.24, 2.45) is 11.1 Å². The van der Waals surface area contributed by atoms with Gasteiger partial charge in [-0.25, -0.2) is 0 Å². The molecule has 1 saturated heterocycles. The van der Waals surface area contributed by atoms with Gasteiger partial charge in [-0.1, -0.05) is 27.7 Å². The fraction of sp³-hybridized carbons (Fsp3) is 1.00. The van der Waals surface area contributed by atoms with Gasteiger partial charge in [0.05, 0.1) is 0 Å². The Morgan fingerprint density at radius 1 is 1.28 bits per heavy atom. The summed E-state index contributed by atoms with van der Waals surface area (Å²) in [6.45, 7) is 15.0. The topological polar surface area (TPSA) is 32.5 Å². The molecule has 2 atom stereocenters. The molecule has 0 aromatic heterocycles. The Morgan fingerprint density at radius 2 is 1.78 bits per heavy atom. The molecule has 0 bridgehead atoms. The number of nitrogens with zero attached hydrogens (tertiary/aromatic N) is 2. The maximum atomic E-state index is 6.23. The van der Waals surface area contributed by atoms with Gasteiger partial charge in [-0.3, -0.25) is 4.90 Å². The summed E-state index contributed by atoms with van der Waals surface area (Å²) in [5.74, 6) is 0. The van der Waals surface area contributed by atoms with Crippen LogP contribution in [0.2, 0.25) is 0 Å². The van der Waals surface area contributed by atoms with Crippen molar-refractivity contribution in [3.63, 3.8) is 0 Å². The summed E-state index contributed by atoms with van der Waals surface area (Å²) >= 11 is 0. The maximum absolute atomic E-state index is 6.23. The Kier molecular flexibility index (Phi) is 5.63. The molecule has 108 valence electrons. The first-order chi connectivity index (χ1) is 8.27. The number of nitrogens with two attached hydrogens (primary N) is 1. The SMILES string of the molecule is CCN1CCC(N(C)C(C(C)N)C(C)(C)C)CC1. The largest absolute Gasteiger partial charge is 0.327 e. The highest BCUT2D eigenvalue weighted by molar-refractivity contribution is 4.92. The van der Waals surface area contributed by atoms with Gasteiger partial charge in [0, 0.05) is 18.1 Å². The summed E-state index contributed by atoms with van der Waals surface area (Å²) in [4.78, 5) is 5.10. The van der Waals surface area contributed by atoms with Crippen molar-refractivity contribution in [1.82, 2.24) is 9.80 Å². The molecule has 0 aromatic rings. The molecule has 0 amide bonds. The summed E-state index contributed by atoms with van der Waals surface area (Å²) in [5, 5.41) is 0.